The number of hydrogen-bond donors (Lipinski definition) is 1. The molecule has 94 valence electrons. The van der Waals surface area contributed by atoms with Crippen molar-refractivity contribution < 1.29 is 9.90 Å². The molecule has 0 amide bonds. The molecule has 0 aliphatic rings. The van der Waals surface area contributed by atoms with Crippen LogP contribution in [0.3, 0.4) is 0 Å². The van der Waals surface area contributed by atoms with Crippen LogP contribution in [0.1, 0.15) is 56.8 Å². The van der Waals surface area contributed by atoms with Crippen molar-refractivity contribution >= 4 is 17.7 Å². The Morgan fingerprint density at radius 2 is 2.00 bits per heavy atom. The first-order chi connectivity index (χ1) is 7.70. The first-order valence-electron chi connectivity index (χ1n) is 5.50. The molecule has 0 aromatic carbocycles. The number of carboxylic acid groups (broad SMARTS) is 1. The lowest BCUT2D eigenvalue weighted by atomic mass is 10.2. The molecule has 0 saturated carbocycles. The number of hydrogen-bond acceptors (Lipinski definition) is 4. The fraction of sp³-hybridized carbons (Fsp3) is 0.583. The van der Waals surface area contributed by atoms with Crippen LogP contribution in [0.5, 0.6) is 0 Å². The summed E-state index contributed by atoms with van der Waals surface area (Å²) in [6.07, 6.45) is 1.61. The summed E-state index contributed by atoms with van der Waals surface area (Å²) in [6.45, 7) is 9.97. The second-order valence-corrected chi connectivity index (χ2v) is 6.98. The van der Waals surface area contributed by atoms with Crippen molar-refractivity contribution in [3.63, 3.8) is 0 Å². The van der Waals surface area contributed by atoms with Crippen molar-refractivity contribution in [2.45, 2.75) is 50.2 Å². The predicted molar refractivity (Wildman–Crippen MR) is 68.7 cm³/mol. The maximum atomic E-state index is 11.2. The van der Waals surface area contributed by atoms with Gasteiger partial charge in [0.05, 0.1) is 4.90 Å². The van der Waals surface area contributed by atoms with E-state index >= 15 is 0 Å². The van der Waals surface area contributed by atoms with Gasteiger partial charge in [-0.3, -0.25) is 0 Å². The van der Waals surface area contributed by atoms with Gasteiger partial charge in [0.2, 0.25) is 0 Å². The third kappa shape index (κ3) is 4.00. The van der Waals surface area contributed by atoms with Gasteiger partial charge in [-0.05, 0) is 0 Å². The number of nitrogens with zero attached hydrogens (tertiary/aromatic N) is 2. The molecule has 0 bridgehead atoms. The van der Waals surface area contributed by atoms with E-state index < -0.39 is 5.97 Å². The van der Waals surface area contributed by atoms with Gasteiger partial charge in [0.25, 0.3) is 0 Å². The highest BCUT2D eigenvalue weighted by molar-refractivity contribution is 8.00. The average Bonchev–Trinajstić information content (AvgIpc) is 2.14. The molecule has 1 rings (SSSR count). The smallest absolute Gasteiger partial charge is 0.355 e. The summed E-state index contributed by atoms with van der Waals surface area (Å²) in [4.78, 5) is 20.1. The van der Waals surface area contributed by atoms with E-state index in [1.165, 1.54) is 11.8 Å². The number of carbonyl (C=O) groups is 1. The van der Waals surface area contributed by atoms with Gasteiger partial charge in [0, 0.05) is 16.9 Å². The second kappa shape index (κ2) is 5.04. The van der Waals surface area contributed by atoms with Crippen LogP contribution in [-0.2, 0) is 0 Å². The maximum Gasteiger partial charge on any atom is 0.355 e. The van der Waals surface area contributed by atoms with Gasteiger partial charge in [-0.2, -0.15) is 0 Å². The number of carboxylic acids is 1. The van der Waals surface area contributed by atoms with Gasteiger partial charge < -0.3 is 5.11 Å². The fourth-order valence-corrected chi connectivity index (χ4v) is 2.22. The van der Waals surface area contributed by atoms with Crippen molar-refractivity contribution in [3.05, 3.63) is 17.7 Å². The van der Waals surface area contributed by atoms with Crippen molar-refractivity contribution in [2.75, 3.05) is 0 Å². The molecule has 0 aliphatic heterocycles. The lowest BCUT2D eigenvalue weighted by Gasteiger charge is -2.18. The van der Waals surface area contributed by atoms with Gasteiger partial charge in [0.15, 0.2) is 5.69 Å². The molecule has 17 heavy (non-hydrogen) atoms. The van der Waals surface area contributed by atoms with Crippen LogP contribution in [0, 0.1) is 0 Å². The molecule has 1 N–H and O–H groups in total. The Morgan fingerprint density at radius 3 is 2.41 bits per heavy atom. The number of aromatic nitrogens is 2. The molecule has 5 heteroatoms. The van der Waals surface area contributed by atoms with Gasteiger partial charge >= 0.3 is 5.97 Å². The Hall–Kier alpha value is -1.10. The average molecular weight is 254 g/mol. The van der Waals surface area contributed by atoms with Crippen molar-refractivity contribution in [3.8, 4) is 0 Å². The third-order valence-electron chi connectivity index (χ3n) is 1.91. The Morgan fingerprint density at radius 1 is 1.41 bits per heavy atom. The minimum Gasteiger partial charge on any atom is -0.476 e. The summed E-state index contributed by atoms with van der Waals surface area (Å²) in [6, 6.07) is 0. The largest absolute Gasteiger partial charge is 0.476 e. The highest BCUT2D eigenvalue weighted by Gasteiger charge is 2.21. The lowest BCUT2D eigenvalue weighted by molar-refractivity contribution is 0.0685. The summed E-state index contributed by atoms with van der Waals surface area (Å²) in [5.74, 6) is -0.302. The SMILES string of the molecule is CC(C)c1ncc(SC(C)(C)C)c(C(=O)O)n1. The fourth-order valence-electron chi connectivity index (χ4n) is 1.22. The molecule has 0 radical (unpaired) electrons. The van der Waals surface area contributed by atoms with E-state index in [1.54, 1.807) is 6.20 Å². The Kier molecular flexibility index (Phi) is 4.14. The van der Waals surface area contributed by atoms with Crippen LogP contribution in [0.4, 0.5) is 0 Å². The topological polar surface area (TPSA) is 63.1 Å². The second-order valence-electron chi connectivity index (χ2n) is 5.12. The first-order valence-corrected chi connectivity index (χ1v) is 6.31. The maximum absolute atomic E-state index is 11.2. The quantitative estimate of drug-likeness (QED) is 0.839. The Balaban J connectivity index is 3.18. The summed E-state index contributed by atoms with van der Waals surface area (Å²) >= 11 is 1.47. The van der Waals surface area contributed by atoms with E-state index in [0.29, 0.717) is 10.7 Å². The molecule has 1 heterocycles. The monoisotopic (exact) mass is 254 g/mol. The highest BCUT2D eigenvalue weighted by atomic mass is 32.2. The standard InChI is InChI=1S/C12H18N2O2S/c1-7(2)10-13-6-8(17-12(3,4)5)9(14-10)11(15)16/h6-7H,1-5H3,(H,15,16). The molecular weight excluding hydrogens is 236 g/mol. The predicted octanol–water partition coefficient (Wildman–Crippen LogP) is 3.19. The van der Waals surface area contributed by atoms with Gasteiger partial charge in [0.1, 0.15) is 5.82 Å². The highest BCUT2D eigenvalue weighted by Crippen LogP contribution is 2.33. The number of aromatic carboxylic acids is 1. The van der Waals surface area contributed by atoms with E-state index in [4.69, 9.17) is 5.11 Å². The van der Waals surface area contributed by atoms with Crippen LogP contribution in [0.2, 0.25) is 0 Å². The van der Waals surface area contributed by atoms with E-state index in [9.17, 15) is 4.79 Å². The lowest BCUT2D eigenvalue weighted by Crippen LogP contribution is -2.13. The van der Waals surface area contributed by atoms with Crippen LogP contribution in [-0.4, -0.2) is 25.8 Å². The van der Waals surface area contributed by atoms with E-state index in [0.717, 1.165) is 0 Å². The summed E-state index contributed by atoms with van der Waals surface area (Å²) in [7, 11) is 0. The van der Waals surface area contributed by atoms with E-state index in [2.05, 4.69) is 9.97 Å². The van der Waals surface area contributed by atoms with Gasteiger partial charge in [-0.25, -0.2) is 14.8 Å². The van der Waals surface area contributed by atoms with Gasteiger partial charge in [-0.1, -0.05) is 34.6 Å². The van der Waals surface area contributed by atoms with Crippen LogP contribution >= 0.6 is 11.8 Å². The molecule has 0 saturated heterocycles. The Bertz CT molecular complexity index is 425. The van der Waals surface area contributed by atoms with E-state index in [1.807, 2.05) is 34.6 Å². The molecule has 0 atom stereocenters. The third-order valence-corrected chi connectivity index (χ3v) is 3.04. The molecule has 4 nitrogen and oxygen atoms in total. The zero-order valence-corrected chi connectivity index (χ0v) is 11.6. The van der Waals surface area contributed by atoms with Gasteiger partial charge in [-0.15, -0.1) is 11.8 Å². The molecule has 1 aromatic rings. The van der Waals surface area contributed by atoms with Crippen molar-refractivity contribution in [2.24, 2.45) is 0 Å². The van der Waals surface area contributed by atoms with Crippen molar-refractivity contribution in [1.29, 1.82) is 0 Å². The molecule has 0 fully saturated rings. The zero-order valence-electron chi connectivity index (χ0n) is 10.8. The number of thioether (sulfide) groups is 1. The van der Waals surface area contributed by atoms with Crippen LogP contribution < -0.4 is 0 Å². The van der Waals surface area contributed by atoms with Crippen molar-refractivity contribution in [1.82, 2.24) is 9.97 Å². The molecule has 1 aromatic heterocycles. The molecular formula is C12H18N2O2S. The minimum absolute atomic E-state index is 0.0626. The first kappa shape index (κ1) is 14.0. The molecule has 0 aliphatic carbocycles. The summed E-state index contributed by atoms with van der Waals surface area (Å²) < 4.78 is -0.0626. The summed E-state index contributed by atoms with van der Waals surface area (Å²) in [5, 5.41) is 9.17. The minimum atomic E-state index is -0.999. The molecule has 0 spiro atoms. The zero-order chi connectivity index (χ0) is 13.2. The van der Waals surface area contributed by atoms with E-state index in [-0.39, 0.29) is 16.4 Å². The molecule has 0 unspecified atom stereocenters. The normalized spacial score (nSPS) is 11.9. The Labute approximate surface area is 106 Å². The van der Waals surface area contributed by atoms with Crippen LogP contribution in [0.15, 0.2) is 11.1 Å². The van der Waals surface area contributed by atoms with Crippen LogP contribution in [0.25, 0.3) is 0 Å². The number of rotatable bonds is 3. The summed E-state index contributed by atoms with van der Waals surface area (Å²) in [5.41, 5.74) is 0.101.